The fraction of sp³-hybridized carbons (Fsp3) is 0.381. The van der Waals surface area contributed by atoms with Crippen LogP contribution in [0.25, 0.3) is 0 Å². The predicted octanol–water partition coefficient (Wildman–Crippen LogP) is 3.13. The van der Waals surface area contributed by atoms with Crippen molar-refractivity contribution in [3.8, 4) is 0 Å². The molecule has 7 heteroatoms. The number of esters is 1. The SMILES string of the molecule is CCOC(=O)C[C@@H](NC(=O)N1CCN(CC)c2ncccc21)c1ccccc1. The van der Waals surface area contributed by atoms with Gasteiger partial charge in [-0.3, -0.25) is 9.69 Å². The number of anilines is 2. The van der Waals surface area contributed by atoms with E-state index in [0.717, 1.165) is 23.6 Å². The van der Waals surface area contributed by atoms with E-state index in [1.807, 2.05) is 42.5 Å². The first-order valence-electron chi connectivity index (χ1n) is 9.62. The predicted molar refractivity (Wildman–Crippen MR) is 108 cm³/mol. The van der Waals surface area contributed by atoms with Crippen molar-refractivity contribution in [2.75, 3.05) is 36.0 Å². The van der Waals surface area contributed by atoms with Crippen molar-refractivity contribution in [3.63, 3.8) is 0 Å². The third-order valence-corrected chi connectivity index (χ3v) is 4.75. The number of ether oxygens (including phenoxy) is 1. The Hall–Kier alpha value is -3.09. The molecule has 1 aliphatic heterocycles. The molecule has 0 unspecified atom stereocenters. The average Bonchev–Trinajstić information content (AvgIpc) is 2.73. The minimum absolute atomic E-state index is 0.0818. The number of carbonyl (C=O) groups excluding carboxylic acids is 2. The summed E-state index contributed by atoms with van der Waals surface area (Å²) in [6.45, 7) is 6.24. The second-order valence-corrected chi connectivity index (χ2v) is 6.50. The van der Waals surface area contributed by atoms with Crippen LogP contribution >= 0.6 is 0 Å². The van der Waals surface area contributed by atoms with E-state index in [9.17, 15) is 9.59 Å². The van der Waals surface area contributed by atoms with Crippen molar-refractivity contribution in [3.05, 3.63) is 54.2 Å². The maximum absolute atomic E-state index is 13.1. The van der Waals surface area contributed by atoms with Gasteiger partial charge >= 0.3 is 12.0 Å². The van der Waals surface area contributed by atoms with Crippen LogP contribution < -0.4 is 15.1 Å². The molecular weight excluding hydrogens is 356 g/mol. The van der Waals surface area contributed by atoms with Crippen LogP contribution in [-0.2, 0) is 9.53 Å². The van der Waals surface area contributed by atoms with Gasteiger partial charge in [0.15, 0.2) is 5.82 Å². The number of aromatic nitrogens is 1. The van der Waals surface area contributed by atoms with Gasteiger partial charge in [0.1, 0.15) is 0 Å². The van der Waals surface area contributed by atoms with Gasteiger partial charge < -0.3 is 15.0 Å². The Bertz CT molecular complexity index is 812. The number of hydrogen-bond donors (Lipinski definition) is 1. The number of pyridine rings is 1. The van der Waals surface area contributed by atoms with Crippen molar-refractivity contribution in [1.82, 2.24) is 10.3 Å². The highest BCUT2D eigenvalue weighted by Crippen LogP contribution is 2.31. The smallest absolute Gasteiger partial charge is 0.322 e. The Morgan fingerprint density at radius 1 is 1.14 bits per heavy atom. The summed E-state index contributed by atoms with van der Waals surface area (Å²) in [5, 5.41) is 3.01. The van der Waals surface area contributed by atoms with Crippen LogP contribution in [0.2, 0.25) is 0 Å². The van der Waals surface area contributed by atoms with Gasteiger partial charge in [-0.2, -0.15) is 0 Å². The third-order valence-electron chi connectivity index (χ3n) is 4.75. The number of amides is 2. The molecule has 0 spiro atoms. The van der Waals surface area contributed by atoms with Crippen LogP contribution in [0.3, 0.4) is 0 Å². The van der Waals surface area contributed by atoms with Gasteiger partial charge in [0.2, 0.25) is 0 Å². The highest BCUT2D eigenvalue weighted by atomic mass is 16.5. The largest absolute Gasteiger partial charge is 0.466 e. The molecule has 1 atom stereocenters. The minimum atomic E-state index is -0.461. The summed E-state index contributed by atoms with van der Waals surface area (Å²) >= 11 is 0. The normalized spacial score (nSPS) is 14.2. The highest BCUT2D eigenvalue weighted by molar-refractivity contribution is 5.96. The Kier molecular flexibility index (Phi) is 6.47. The Labute approximate surface area is 165 Å². The Morgan fingerprint density at radius 3 is 2.64 bits per heavy atom. The summed E-state index contributed by atoms with van der Waals surface area (Å²) in [4.78, 5) is 33.4. The summed E-state index contributed by atoms with van der Waals surface area (Å²) < 4.78 is 5.09. The van der Waals surface area contributed by atoms with Crippen LogP contribution in [-0.4, -0.2) is 43.2 Å². The molecule has 1 aliphatic rings. The quantitative estimate of drug-likeness (QED) is 0.777. The molecule has 28 heavy (non-hydrogen) atoms. The lowest BCUT2D eigenvalue weighted by Gasteiger charge is -2.36. The van der Waals surface area contributed by atoms with Crippen molar-refractivity contribution < 1.29 is 14.3 Å². The zero-order valence-corrected chi connectivity index (χ0v) is 16.3. The molecule has 0 bridgehead atoms. The summed E-state index contributed by atoms with van der Waals surface area (Å²) in [7, 11) is 0. The van der Waals surface area contributed by atoms with E-state index >= 15 is 0 Å². The summed E-state index contributed by atoms with van der Waals surface area (Å²) in [5.41, 5.74) is 1.64. The number of benzene rings is 1. The topological polar surface area (TPSA) is 74.8 Å². The second kappa shape index (κ2) is 9.21. The fourth-order valence-corrected chi connectivity index (χ4v) is 3.36. The van der Waals surface area contributed by atoms with Crippen molar-refractivity contribution >= 4 is 23.5 Å². The van der Waals surface area contributed by atoms with Gasteiger partial charge in [-0.1, -0.05) is 30.3 Å². The molecule has 2 heterocycles. The maximum atomic E-state index is 13.1. The molecule has 1 aromatic carbocycles. The van der Waals surface area contributed by atoms with Gasteiger partial charge in [-0.15, -0.1) is 0 Å². The molecular formula is C21H26N4O3. The zero-order chi connectivity index (χ0) is 19.9. The van der Waals surface area contributed by atoms with Crippen LogP contribution in [0.5, 0.6) is 0 Å². The third kappa shape index (κ3) is 4.42. The summed E-state index contributed by atoms with van der Waals surface area (Å²) in [5.74, 6) is 0.461. The number of fused-ring (bicyclic) bond motifs is 1. The first-order chi connectivity index (χ1) is 13.6. The lowest BCUT2D eigenvalue weighted by atomic mass is 10.0. The maximum Gasteiger partial charge on any atom is 0.322 e. The van der Waals surface area contributed by atoms with Gasteiger partial charge in [-0.25, -0.2) is 9.78 Å². The minimum Gasteiger partial charge on any atom is -0.466 e. The van der Waals surface area contributed by atoms with Crippen LogP contribution in [0.1, 0.15) is 31.9 Å². The number of urea groups is 1. The molecule has 7 nitrogen and oxygen atoms in total. The van der Waals surface area contributed by atoms with Crippen LogP contribution in [0, 0.1) is 0 Å². The van der Waals surface area contributed by atoms with E-state index in [1.165, 1.54) is 0 Å². The summed E-state index contributed by atoms with van der Waals surface area (Å²) in [6, 6.07) is 12.5. The first kappa shape index (κ1) is 19.7. The molecule has 0 radical (unpaired) electrons. The van der Waals surface area contributed by atoms with E-state index in [4.69, 9.17) is 4.74 Å². The molecule has 0 saturated carbocycles. The van der Waals surface area contributed by atoms with E-state index in [2.05, 4.69) is 22.1 Å². The Balaban J connectivity index is 1.81. The molecule has 1 N–H and O–H groups in total. The highest BCUT2D eigenvalue weighted by Gasteiger charge is 2.29. The monoisotopic (exact) mass is 382 g/mol. The molecule has 0 fully saturated rings. The van der Waals surface area contributed by atoms with Crippen LogP contribution in [0.4, 0.5) is 16.3 Å². The standard InChI is InChI=1S/C21H26N4O3/c1-3-24-13-14-25(18-11-8-12-22-20(18)24)21(27)23-17(15-19(26)28-4-2)16-9-6-5-7-10-16/h5-12,17H,3-4,13-15H2,1-2H3,(H,23,27)/t17-/m1/s1. The molecule has 0 aliphatic carbocycles. The van der Waals surface area contributed by atoms with E-state index in [-0.39, 0.29) is 18.4 Å². The molecule has 1 aromatic heterocycles. The molecule has 3 rings (SSSR count). The lowest BCUT2D eigenvalue weighted by molar-refractivity contribution is -0.143. The number of nitrogens with zero attached hydrogens (tertiary/aromatic N) is 3. The first-order valence-corrected chi connectivity index (χ1v) is 9.62. The average molecular weight is 382 g/mol. The fourth-order valence-electron chi connectivity index (χ4n) is 3.36. The molecule has 148 valence electrons. The molecule has 2 amide bonds. The summed E-state index contributed by atoms with van der Waals surface area (Å²) in [6.07, 6.45) is 1.81. The van der Waals surface area contributed by atoms with E-state index in [1.54, 1.807) is 18.0 Å². The van der Waals surface area contributed by atoms with Gasteiger partial charge in [-0.05, 0) is 31.5 Å². The number of likely N-dealkylation sites (N-methyl/N-ethyl adjacent to an activating group) is 1. The van der Waals surface area contributed by atoms with E-state index in [0.29, 0.717) is 19.7 Å². The van der Waals surface area contributed by atoms with Gasteiger partial charge in [0.25, 0.3) is 0 Å². The van der Waals surface area contributed by atoms with Gasteiger partial charge in [0, 0.05) is 25.8 Å². The molecule has 0 saturated heterocycles. The lowest BCUT2D eigenvalue weighted by Crippen LogP contribution is -2.49. The molecule has 2 aromatic rings. The van der Waals surface area contributed by atoms with Gasteiger partial charge in [0.05, 0.1) is 24.8 Å². The number of hydrogen-bond acceptors (Lipinski definition) is 5. The number of nitrogens with one attached hydrogen (secondary N) is 1. The van der Waals surface area contributed by atoms with Crippen molar-refractivity contribution in [2.45, 2.75) is 26.3 Å². The Morgan fingerprint density at radius 2 is 1.93 bits per heavy atom. The van der Waals surface area contributed by atoms with Crippen molar-refractivity contribution in [2.24, 2.45) is 0 Å². The second-order valence-electron chi connectivity index (χ2n) is 6.50. The zero-order valence-electron chi connectivity index (χ0n) is 16.3. The van der Waals surface area contributed by atoms with Crippen LogP contribution in [0.15, 0.2) is 48.7 Å². The van der Waals surface area contributed by atoms with Crippen molar-refractivity contribution in [1.29, 1.82) is 0 Å². The number of rotatable bonds is 6. The number of carbonyl (C=O) groups is 2. The van der Waals surface area contributed by atoms with E-state index < -0.39 is 6.04 Å².